The second-order valence-corrected chi connectivity index (χ2v) is 5.45. The molecule has 0 atom stereocenters. The highest BCUT2D eigenvalue weighted by Crippen LogP contribution is 2.23. The van der Waals surface area contributed by atoms with Crippen LogP contribution in [-0.2, 0) is 0 Å². The van der Waals surface area contributed by atoms with Gasteiger partial charge in [0.05, 0.1) is 6.54 Å². The number of aromatic hydroxyl groups is 1. The van der Waals surface area contributed by atoms with Gasteiger partial charge in [0.25, 0.3) is 0 Å². The highest BCUT2D eigenvalue weighted by molar-refractivity contribution is 6.08. The summed E-state index contributed by atoms with van der Waals surface area (Å²) in [6, 6.07) is 7.01. The van der Waals surface area contributed by atoms with Crippen molar-refractivity contribution in [2.24, 2.45) is 0 Å². The molecule has 0 radical (unpaired) electrons. The molecule has 18 heavy (non-hydrogen) atoms. The Morgan fingerprint density at radius 1 is 1.39 bits per heavy atom. The normalized spacial score (nSPS) is 11.9. The van der Waals surface area contributed by atoms with E-state index in [0.717, 1.165) is 10.9 Å². The number of rotatable bonds is 3. The molecule has 0 amide bonds. The van der Waals surface area contributed by atoms with Crippen molar-refractivity contribution in [2.75, 3.05) is 6.54 Å². The summed E-state index contributed by atoms with van der Waals surface area (Å²) >= 11 is 0. The van der Waals surface area contributed by atoms with E-state index in [1.165, 1.54) is 0 Å². The van der Waals surface area contributed by atoms with Crippen molar-refractivity contribution < 1.29 is 9.90 Å². The molecule has 4 nitrogen and oxygen atoms in total. The number of H-pyrrole nitrogens is 1. The fourth-order valence-corrected chi connectivity index (χ4v) is 1.82. The number of carbonyl (C=O) groups excluding carboxylic acids is 1. The van der Waals surface area contributed by atoms with Crippen LogP contribution in [0.5, 0.6) is 5.88 Å². The maximum absolute atomic E-state index is 12.2. The SMILES string of the molecule is CC(C)(C)NCC(=O)c1cccc2[nH]c(O)cc12. The summed E-state index contributed by atoms with van der Waals surface area (Å²) in [6.07, 6.45) is 0. The van der Waals surface area contributed by atoms with Gasteiger partial charge in [-0.1, -0.05) is 12.1 Å². The monoisotopic (exact) mass is 246 g/mol. The van der Waals surface area contributed by atoms with Crippen LogP contribution in [0, 0.1) is 0 Å². The first-order valence-electron chi connectivity index (χ1n) is 5.96. The van der Waals surface area contributed by atoms with E-state index in [1.807, 2.05) is 32.9 Å². The highest BCUT2D eigenvalue weighted by Gasteiger charge is 2.15. The number of aromatic amines is 1. The van der Waals surface area contributed by atoms with Crippen LogP contribution < -0.4 is 5.32 Å². The van der Waals surface area contributed by atoms with Gasteiger partial charge in [-0.3, -0.25) is 4.79 Å². The number of fused-ring (bicyclic) bond motifs is 1. The number of ketones is 1. The Morgan fingerprint density at radius 2 is 2.11 bits per heavy atom. The van der Waals surface area contributed by atoms with E-state index in [1.54, 1.807) is 12.1 Å². The topological polar surface area (TPSA) is 65.1 Å². The van der Waals surface area contributed by atoms with Crippen molar-refractivity contribution in [3.8, 4) is 5.88 Å². The first kappa shape index (κ1) is 12.6. The molecule has 96 valence electrons. The Hall–Kier alpha value is -1.81. The molecule has 1 aromatic carbocycles. The minimum absolute atomic E-state index is 0.0227. The maximum Gasteiger partial charge on any atom is 0.189 e. The minimum atomic E-state index is -0.0934. The summed E-state index contributed by atoms with van der Waals surface area (Å²) < 4.78 is 0. The zero-order valence-corrected chi connectivity index (χ0v) is 10.9. The first-order chi connectivity index (χ1) is 8.37. The number of hydrogen-bond acceptors (Lipinski definition) is 3. The molecule has 0 fully saturated rings. The van der Waals surface area contributed by atoms with Crippen molar-refractivity contribution in [1.29, 1.82) is 0 Å². The van der Waals surface area contributed by atoms with Gasteiger partial charge in [0.2, 0.25) is 0 Å². The molecule has 0 aliphatic heterocycles. The molecular formula is C14H18N2O2. The predicted octanol–water partition coefficient (Wildman–Crippen LogP) is 2.44. The third kappa shape index (κ3) is 2.71. The average Bonchev–Trinajstić information content (AvgIpc) is 2.64. The highest BCUT2D eigenvalue weighted by atomic mass is 16.3. The number of aromatic nitrogens is 1. The van der Waals surface area contributed by atoms with Crippen LogP contribution in [0.15, 0.2) is 24.3 Å². The molecule has 0 saturated carbocycles. The molecule has 0 bridgehead atoms. The first-order valence-corrected chi connectivity index (χ1v) is 5.96. The molecule has 0 saturated heterocycles. The van der Waals surface area contributed by atoms with Gasteiger partial charge in [0.1, 0.15) is 0 Å². The van der Waals surface area contributed by atoms with Crippen LogP contribution >= 0.6 is 0 Å². The fourth-order valence-electron chi connectivity index (χ4n) is 1.82. The summed E-state index contributed by atoms with van der Waals surface area (Å²) in [6.45, 7) is 6.34. The summed E-state index contributed by atoms with van der Waals surface area (Å²) in [5, 5.41) is 13.4. The molecule has 0 aliphatic rings. The fraction of sp³-hybridized carbons (Fsp3) is 0.357. The van der Waals surface area contributed by atoms with Crippen molar-refractivity contribution in [3.05, 3.63) is 29.8 Å². The summed E-state index contributed by atoms with van der Waals surface area (Å²) in [7, 11) is 0. The molecule has 4 heteroatoms. The van der Waals surface area contributed by atoms with Crippen LogP contribution in [0.25, 0.3) is 10.9 Å². The Morgan fingerprint density at radius 3 is 2.78 bits per heavy atom. The maximum atomic E-state index is 12.2. The Balaban J connectivity index is 2.27. The Bertz CT molecular complexity index is 579. The number of carbonyl (C=O) groups is 1. The minimum Gasteiger partial charge on any atom is -0.495 e. The molecule has 0 unspecified atom stereocenters. The van der Waals surface area contributed by atoms with Crippen LogP contribution in [0.3, 0.4) is 0 Å². The van der Waals surface area contributed by atoms with Crippen molar-refractivity contribution in [1.82, 2.24) is 10.3 Å². The molecule has 3 N–H and O–H groups in total. The van der Waals surface area contributed by atoms with Crippen LogP contribution in [0.4, 0.5) is 0 Å². The summed E-state index contributed by atoms with van der Waals surface area (Å²) in [4.78, 5) is 15.0. The second-order valence-electron chi connectivity index (χ2n) is 5.45. The summed E-state index contributed by atoms with van der Waals surface area (Å²) in [5.41, 5.74) is 1.30. The third-order valence-electron chi connectivity index (χ3n) is 2.73. The zero-order valence-electron chi connectivity index (χ0n) is 10.9. The summed E-state index contributed by atoms with van der Waals surface area (Å²) in [5.74, 6) is 0.101. The Kier molecular flexibility index (Phi) is 3.13. The lowest BCUT2D eigenvalue weighted by atomic mass is 10.0. The van der Waals surface area contributed by atoms with E-state index in [4.69, 9.17) is 0 Å². The molecule has 2 aromatic rings. The van der Waals surface area contributed by atoms with Gasteiger partial charge in [-0.2, -0.15) is 0 Å². The predicted molar refractivity (Wildman–Crippen MR) is 72.0 cm³/mol. The van der Waals surface area contributed by atoms with Gasteiger partial charge in [-0.15, -0.1) is 0 Å². The smallest absolute Gasteiger partial charge is 0.189 e. The van der Waals surface area contributed by atoms with Gasteiger partial charge in [-0.25, -0.2) is 0 Å². The standard InChI is InChI=1S/C14H18N2O2/c1-14(2,3)15-8-12(17)9-5-4-6-11-10(9)7-13(18)16-11/h4-7,15-16,18H,8H2,1-3H3. The molecule has 1 heterocycles. The number of nitrogens with one attached hydrogen (secondary N) is 2. The van der Waals surface area contributed by atoms with Gasteiger partial charge in [0.15, 0.2) is 11.7 Å². The largest absolute Gasteiger partial charge is 0.495 e. The molecule has 1 aromatic heterocycles. The van der Waals surface area contributed by atoms with E-state index in [0.29, 0.717) is 5.56 Å². The quantitative estimate of drug-likeness (QED) is 0.729. The van der Waals surface area contributed by atoms with Crippen LogP contribution in [-0.4, -0.2) is 28.0 Å². The van der Waals surface area contributed by atoms with Crippen LogP contribution in [0.1, 0.15) is 31.1 Å². The number of hydrogen-bond donors (Lipinski definition) is 3. The van der Waals surface area contributed by atoms with Gasteiger partial charge < -0.3 is 15.4 Å². The third-order valence-corrected chi connectivity index (χ3v) is 2.73. The van der Waals surface area contributed by atoms with Crippen molar-refractivity contribution in [2.45, 2.75) is 26.3 Å². The lowest BCUT2D eigenvalue weighted by molar-refractivity contribution is 0.0983. The van der Waals surface area contributed by atoms with Gasteiger partial charge in [-0.05, 0) is 26.8 Å². The van der Waals surface area contributed by atoms with Gasteiger partial charge in [0, 0.05) is 28.1 Å². The number of Topliss-reactive ketones (excluding diaryl/α,β-unsaturated/α-hetero) is 1. The molecule has 0 aliphatic carbocycles. The lowest BCUT2D eigenvalue weighted by Crippen LogP contribution is -2.39. The van der Waals surface area contributed by atoms with Crippen molar-refractivity contribution >= 4 is 16.7 Å². The molecule has 0 spiro atoms. The van der Waals surface area contributed by atoms with Crippen molar-refractivity contribution in [3.63, 3.8) is 0 Å². The van der Waals surface area contributed by atoms with E-state index in [2.05, 4.69) is 10.3 Å². The van der Waals surface area contributed by atoms with E-state index in [-0.39, 0.29) is 23.7 Å². The van der Waals surface area contributed by atoms with E-state index in [9.17, 15) is 9.90 Å². The van der Waals surface area contributed by atoms with Crippen LogP contribution in [0.2, 0.25) is 0 Å². The lowest BCUT2D eigenvalue weighted by Gasteiger charge is -2.19. The van der Waals surface area contributed by atoms with E-state index < -0.39 is 0 Å². The molecule has 2 rings (SSSR count). The Labute approximate surface area is 106 Å². The van der Waals surface area contributed by atoms with E-state index >= 15 is 0 Å². The average molecular weight is 246 g/mol. The molecular weight excluding hydrogens is 228 g/mol. The van der Waals surface area contributed by atoms with Gasteiger partial charge >= 0.3 is 0 Å². The zero-order chi connectivity index (χ0) is 13.3. The number of benzene rings is 1. The second kappa shape index (κ2) is 4.46.